The van der Waals surface area contributed by atoms with Crippen LogP contribution in [0.15, 0.2) is 30.7 Å². The summed E-state index contributed by atoms with van der Waals surface area (Å²) in [4.78, 5) is 18.5. The third-order valence-electron chi connectivity index (χ3n) is 2.28. The Morgan fingerprint density at radius 1 is 1.44 bits per heavy atom. The Labute approximate surface area is 104 Å². The fourth-order valence-corrected chi connectivity index (χ4v) is 1.44. The highest BCUT2D eigenvalue weighted by atomic mass is 16.4. The van der Waals surface area contributed by atoms with Gasteiger partial charge in [0.15, 0.2) is 5.69 Å². The molecule has 18 heavy (non-hydrogen) atoms. The van der Waals surface area contributed by atoms with E-state index in [0.29, 0.717) is 12.5 Å². The number of hydrogen-bond acceptors (Lipinski definition) is 5. The van der Waals surface area contributed by atoms with Crippen molar-refractivity contribution in [1.29, 1.82) is 0 Å². The maximum atomic E-state index is 10.7. The molecule has 0 radical (unpaired) electrons. The molecule has 0 unspecified atom stereocenters. The lowest BCUT2D eigenvalue weighted by Gasteiger charge is -2.05. The second kappa shape index (κ2) is 5.76. The molecular formula is C11H13N5O2. The summed E-state index contributed by atoms with van der Waals surface area (Å²) in [5.74, 6) is -0.729. The van der Waals surface area contributed by atoms with E-state index in [1.54, 1.807) is 6.20 Å². The van der Waals surface area contributed by atoms with Gasteiger partial charge in [-0.25, -0.2) is 14.8 Å². The third-order valence-corrected chi connectivity index (χ3v) is 2.28. The van der Waals surface area contributed by atoms with Crippen LogP contribution in [0.3, 0.4) is 0 Å². The molecule has 0 atom stereocenters. The van der Waals surface area contributed by atoms with Crippen LogP contribution in [0.1, 0.15) is 16.9 Å². The molecule has 0 fully saturated rings. The zero-order valence-corrected chi connectivity index (χ0v) is 9.65. The van der Waals surface area contributed by atoms with E-state index in [1.807, 2.05) is 16.9 Å². The molecule has 2 aromatic heterocycles. The Hall–Kier alpha value is -2.44. The monoisotopic (exact) mass is 247 g/mol. The van der Waals surface area contributed by atoms with E-state index in [0.717, 1.165) is 13.0 Å². The Bertz CT molecular complexity index is 512. The molecule has 0 saturated heterocycles. The summed E-state index contributed by atoms with van der Waals surface area (Å²) in [5.41, 5.74) is -0.0143. The molecule has 0 saturated carbocycles. The molecule has 2 aromatic rings. The van der Waals surface area contributed by atoms with Crippen LogP contribution in [0.5, 0.6) is 0 Å². The van der Waals surface area contributed by atoms with E-state index in [2.05, 4.69) is 20.4 Å². The molecule has 2 N–H and O–H groups in total. The van der Waals surface area contributed by atoms with Gasteiger partial charge in [0, 0.05) is 31.7 Å². The lowest BCUT2D eigenvalue weighted by atomic mass is 10.4. The predicted octanol–water partition coefficient (Wildman–Crippen LogP) is 0.873. The fraction of sp³-hybridized carbons (Fsp3) is 0.273. The van der Waals surface area contributed by atoms with Crippen molar-refractivity contribution in [3.63, 3.8) is 0 Å². The van der Waals surface area contributed by atoms with Crippen LogP contribution in [0.25, 0.3) is 0 Å². The molecule has 0 bridgehead atoms. The molecular weight excluding hydrogens is 234 g/mol. The zero-order valence-electron chi connectivity index (χ0n) is 9.65. The highest BCUT2D eigenvalue weighted by Crippen LogP contribution is 2.00. The molecule has 94 valence electrons. The minimum atomic E-state index is -1.06. The van der Waals surface area contributed by atoms with Gasteiger partial charge < -0.3 is 10.4 Å². The average molecular weight is 247 g/mol. The second-order valence-corrected chi connectivity index (χ2v) is 3.62. The van der Waals surface area contributed by atoms with E-state index in [-0.39, 0.29) is 5.69 Å². The number of anilines is 1. The fourth-order valence-electron chi connectivity index (χ4n) is 1.44. The molecule has 0 spiro atoms. The van der Waals surface area contributed by atoms with Gasteiger partial charge in [0.25, 0.3) is 0 Å². The Morgan fingerprint density at radius 2 is 2.33 bits per heavy atom. The number of carboxylic acid groups (broad SMARTS) is 1. The van der Waals surface area contributed by atoms with Crippen molar-refractivity contribution in [2.24, 2.45) is 0 Å². The van der Waals surface area contributed by atoms with Gasteiger partial charge in [0.1, 0.15) is 0 Å². The third kappa shape index (κ3) is 3.27. The highest BCUT2D eigenvalue weighted by molar-refractivity contribution is 5.85. The first kappa shape index (κ1) is 12.0. The van der Waals surface area contributed by atoms with E-state index in [9.17, 15) is 4.79 Å². The Balaban J connectivity index is 1.79. The summed E-state index contributed by atoms with van der Waals surface area (Å²) in [5, 5.41) is 15.8. The van der Waals surface area contributed by atoms with Crippen molar-refractivity contribution < 1.29 is 9.90 Å². The molecule has 7 heteroatoms. The average Bonchev–Trinajstić information content (AvgIpc) is 2.88. The van der Waals surface area contributed by atoms with Crippen molar-refractivity contribution in [2.45, 2.75) is 13.0 Å². The number of rotatable bonds is 6. The first-order valence-electron chi connectivity index (χ1n) is 5.53. The summed E-state index contributed by atoms with van der Waals surface area (Å²) >= 11 is 0. The summed E-state index contributed by atoms with van der Waals surface area (Å²) in [6.07, 6.45) is 5.89. The molecule has 0 aliphatic carbocycles. The molecule has 0 aliphatic rings. The molecule has 0 amide bonds. The minimum Gasteiger partial charge on any atom is -0.477 e. The van der Waals surface area contributed by atoms with Crippen LogP contribution in [0.2, 0.25) is 0 Å². The highest BCUT2D eigenvalue weighted by Gasteiger charge is 2.05. The van der Waals surface area contributed by atoms with Crippen LogP contribution in [-0.4, -0.2) is 37.4 Å². The minimum absolute atomic E-state index is 0.0143. The number of nitrogens with zero attached hydrogens (tertiary/aromatic N) is 4. The van der Waals surface area contributed by atoms with E-state index < -0.39 is 5.97 Å². The van der Waals surface area contributed by atoms with Gasteiger partial charge >= 0.3 is 5.97 Å². The number of carbonyl (C=O) groups is 1. The maximum Gasteiger partial charge on any atom is 0.354 e. The SMILES string of the molecule is O=C(O)c1ccnc(NCCCn2cccn2)n1. The van der Waals surface area contributed by atoms with Crippen molar-refractivity contribution in [2.75, 3.05) is 11.9 Å². The van der Waals surface area contributed by atoms with Crippen molar-refractivity contribution in [3.05, 3.63) is 36.4 Å². The Morgan fingerprint density at radius 3 is 3.06 bits per heavy atom. The van der Waals surface area contributed by atoms with Gasteiger partial charge in [-0.2, -0.15) is 5.10 Å². The lowest BCUT2D eigenvalue weighted by molar-refractivity contribution is 0.0690. The Kier molecular flexibility index (Phi) is 3.85. The van der Waals surface area contributed by atoms with Gasteiger partial charge in [-0.15, -0.1) is 0 Å². The number of aryl methyl sites for hydroxylation is 1. The van der Waals surface area contributed by atoms with Gasteiger partial charge in [0.05, 0.1) is 0 Å². The molecule has 2 rings (SSSR count). The van der Waals surface area contributed by atoms with Crippen molar-refractivity contribution >= 4 is 11.9 Å². The van der Waals surface area contributed by atoms with Gasteiger partial charge in [-0.1, -0.05) is 0 Å². The predicted molar refractivity (Wildman–Crippen MR) is 64.3 cm³/mol. The van der Waals surface area contributed by atoms with Crippen molar-refractivity contribution in [3.8, 4) is 0 Å². The number of carboxylic acids is 1. The number of aromatic carboxylic acids is 1. The van der Waals surface area contributed by atoms with Crippen molar-refractivity contribution in [1.82, 2.24) is 19.7 Å². The molecule has 7 nitrogen and oxygen atoms in total. The van der Waals surface area contributed by atoms with Crippen LogP contribution >= 0.6 is 0 Å². The standard InChI is InChI=1S/C11H13N5O2/c17-10(18)9-3-6-13-11(15-9)12-4-1-7-16-8-2-5-14-16/h2-3,5-6,8H,1,4,7H2,(H,17,18)(H,12,13,15). The largest absolute Gasteiger partial charge is 0.477 e. The number of nitrogens with one attached hydrogen (secondary N) is 1. The molecule has 0 aliphatic heterocycles. The second-order valence-electron chi connectivity index (χ2n) is 3.62. The van der Waals surface area contributed by atoms with Gasteiger partial charge in [-0.05, 0) is 18.6 Å². The van der Waals surface area contributed by atoms with Gasteiger partial charge in [-0.3, -0.25) is 4.68 Å². The summed E-state index contributed by atoms with van der Waals surface area (Å²) < 4.78 is 1.83. The lowest BCUT2D eigenvalue weighted by Crippen LogP contribution is -2.11. The van der Waals surface area contributed by atoms with Crippen LogP contribution in [0, 0.1) is 0 Å². The molecule has 2 heterocycles. The van der Waals surface area contributed by atoms with Crippen LogP contribution in [-0.2, 0) is 6.54 Å². The number of aromatic nitrogens is 4. The summed E-state index contributed by atoms with van der Waals surface area (Å²) in [6.45, 7) is 1.45. The van der Waals surface area contributed by atoms with E-state index in [1.165, 1.54) is 12.3 Å². The van der Waals surface area contributed by atoms with Gasteiger partial charge in [0.2, 0.25) is 5.95 Å². The maximum absolute atomic E-state index is 10.7. The first-order chi connectivity index (χ1) is 8.75. The summed E-state index contributed by atoms with van der Waals surface area (Å²) in [7, 11) is 0. The first-order valence-corrected chi connectivity index (χ1v) is 5.53. The van der Waals surface area contributed by atoms with Crippen LogP contribution < -0.4 is 5.32 Å². The quantitative estimate of drug-likeness (QED) is 0.736. The molecule has 0 aromatic carbocycles. The number of hydrogen-bond donors (Lipinski definition) is 2. The van der Waals surface area contributed by atoms with Crippen LogP contribution in [0.4, 0.5) is 5.95 Å². The summed E-state index contributed by atoms with van der Waals surface area (Å²) in [6, 6.07) is 3.23. The topological polar surface area (TPSA) is 92.9 Å². The van der Waals surface area contributed by atoms with E-state index in [4.69, 9.17) is 5.11 Å². The normalized spacial score (nSPS) is 10.2. The smallest absolute Gasteiger partial charge is 0.354 e. The zero-order chi connectivity index (χ0) is 12.8. The van der Waals surface area contributed by atoms with E-state index >= 15 is 0 Å².